The fraction of sp³-hybridized carbons (Fsp3) is 1.00. The van der Waals surface area contributed by atoms with Gasteiger partial charge in [-0.2, -0.15) is 13.5 Å². The first-order chi connectivity index (χ1) is 4.41. The molecule has 0 bridgehead atoms. The van der Waals surface area contributed by atoms with E-state index in [-0.39, 0.29) is 43.1 Å². The number of unbranched alkanes of at least 4 members (excludes halogenated alkanes) is 2. The molecule has 0 saturated heterocycles. The zero-order valence-electron chi connectivity index (χ0n) is 7.15. The number of hydrogen-bond acceptors (Lipinski definition) is 1. The summed E-state index contributed by atoms with van der Waals surface area (Å²) < 4.78 is 5.31. The third-order valence-electron chi connectivity index (χ3n) is 1.28. The van der Waals surface area contributed by atoms with E-state index >= 15 is 0 Å². The summed E-state index contributed by atoms with van der Waals surface area (Å²) in [5, 5.41) is 0. The second-order valence-corrected chi connectivity index (χ2v) is 2.32. The first-order valence-corrected chi connectivity index (χ1v) is 3.99. The summed E-state index contributed by atoms with van der Waals surface area (Å²) in [6.45, 7) is 6.28. The molecule has 0 N–H and O–H groups in total. The van der Waals surface area contributed by atoms with Gasteiger partial charge in [0.25, 0.3) is 0 Å². The molecule has 66 valence electrons. The summed E-state index contributed by atoms with van der Waals surface area (Å²) in [7, 11) is 0. The van der Waals surface area contributed by atoms with Crippen molar-refractivity contribution in [3.8, 4) is 0 Å². The molecule has 0 amide bonds. The Morgan fingerprint density at radius 3 is 1.55 bits per heavy atom. The van der Waals surface area contributed by atoms with Crippen molar-refractivity contribution in [2.45, 2.75) is 39.5 Å². The van der Waals surface area contributed by atoms with Crippen molar-refractivity contribution < 1.29 is 4.74 Å². The van der Waals surface area contributed by atoms with Gasteiger partial charge in [0, 0.05) is 13.2 Å². The fourth-order valence-corrected chi connectivity index (χ4v) is 0.595. The van der Waals surface area contributed by atoms with Crippen molar-refractivity contribution in [3.63, 3.8) is 0 Å². The molecule has 1 nitrogen and oxygen atoms in total. The van der Waals surface area contributed by atoms with Gasteiger partial charge in [0.2, 0.25) is 0 Å². The van der Waals surface area contributed by atoms with E-state index in [0.29, 0.717) is 0 Å². The summed E-state index contributed by atoms with van der Waals surface area (Å²) in [6.07, 6.45) is 4.91. The molecule has 11 heavy (non-hydrogen) atoms. The van der Waals surface area contributed by atoms with Crippen LogP contribution < -0.4 is 0 Å². The molecule has 0 rings (SSSR count). The van der Waals surface area contributed by atoms with Gasteiger partial charge in [-0.3, -0.25) is 0 Å². The normalized spacial score (nSPS) is 8.18. The van der Waals surface area contributed by atoms with Crippen molar-refractivity contribution in [3.05, 3.63) is 0 Å². The standard InChI is InChI=1S/C8H18O.Na.H2S.H/c1-3-5-7-9-8-6-4-2;;;/h3-8H2,1-2H3;;1H2;. The minimum absolute atomic E-state index is 0. The van der Waals surface area contributed by atoms with Crippen LogP contribution in [0.15, 0.2) is 0 Å². The molecule has 0 fully saturated rings. The molecule has 0 atom stereocenters. The van der Waals surface area contributed by atoms with Crippen molar-refractivity contribution in [1.29, 1.82) is 0 Å². The van der Waals surface area contributed by atoms with Crippen molar-refractivity contribution >= 4 is 43.1 Å². The van der Waals surface area contributed by atoms with Gasteiger partial charge in [-0.05, 0) is 12.8 Å². The molecule has 0 radical (unpaired) electrons. The Balaban J connectivity index is -0.000000320. The van der Waals surface area contributed by atoms with E-state index in [1.54, 1.807) is 0 Å². The summed E-state index contributed by atoms with van der Waals surface area (Å²) >= 11 is 0. The Morgan fingerprint density at radius 1 is 0.909 bits per heavy atom. The third-order valence-corrected chi connectivity index (χ3v) is 1.28. The minimum atomic E-state index is 0. The van der Waals surface area contributed by atoms with E-state index < -0.39 is 0 Å². The van der Waals surface area contributed by atoms with E-state index in [0.717, 1.165) is 13.2 Å². The molecule has 0 aromatic heterocycles. The zero-order valence-corrected chi connectivity index (χ0v) is 8.15. The van der Waals surface area contributed by atoms with E-state index in [1.165, 1.54) is 25.7 Å². The van der Waals surface area contributed by atoms with Crippen LogP contribution in [0.2, 0.25) is 0 Å². The van der Waals surface area contributed by atoms with E-state index in [9.17, 15) is 0 Å². The predicted octanol–water partition coefficient (Wildman–Crippen LogP) is 2.07. The van der Waals surface area contributed by atoms with Crippen molar-refractivity contribution in [1.82, 2.24) is 0 Å². The first-order valence-electron chi connectivity index (χ1n) is 3.99. The predicted molar refractivity (Wildman–Crippen MR) is 58.2 cm³/mol. The second kappa shape index (κ2) is 17.4. The molecular formula is C8H21NaOS. The average Bonchev–Trinajstić information content (AvgIpc) is 1.89. The van der Waals surface area contributed by atoms with E-state index in [4.69, 9.17) is 4.74 Å². The summed E-state index contributed by atoms with van der Waals surface area (Å²) in [6, 6.07) is 0. The van der Waals surface area contributed by atoms with Crippen LogP contribution in [0.1, 0.15) is 39.5 Å². The SMILES string of the molecule is CCCCOCCCC.S.[NaH]. The molecule has 0 heterocycles. The van der Waals surface area contributed by atoms with Gasteiger partial charge in [0.05, 0.1) is 0 Å². The van der Waals surface area contributed by atoms with Gasteiger partial charge in [-0.25, -0.2) is 0 Å². The molecule has 0 saturated carbocycles. The number of rotatable bonds is 6. The quantitative estimate of drug-likeness (QED) is 0.458. The Kier molecular flexibility index (Phi) is 28.8. The molecule has 0 aliphatic heterocycles. The van der Waals surface area contributed by atoms with Gasteiger partial charge in [-0.1, -0.05) is 26.7 Å². The number of hydrogen-bond donors (Lipinski definition) is 0. The molecular weight excluding hydrogens is 167 g/mol. The molecule has 0 spiro atoms. The van der Waals surface area contributed by atoms with Gasteiger partial charge in [-0.15, -0.1) is 0 Å². The van der Waals surface area contributed by atoms with Crippen LogP contribution in [0.4, 0.5) is 0 Å². The maximum absolute atomic E-state index is 5.31. The van der Waals surface area contributed by atoms with Crippen molar-refractivity contribution in [2.75, 3.05) is 13.2 Å². The van der Waals surface area contributed by atoms with Crippen LogP contribution in [-0.2, 0) is 4.74 Å². The summed E-state index contributed by atoms with van der Waals surface area (Å²) in [5.41, 5.74) is 0. The molecule has 0 aromatic rings. The van der Waals surface area contributed by atoms with Crippen LogP contribution in [0.3, 0.4) is 0 Å². The zero-order chi connectivity index (χ0) is 6.95. The third kappa shape index (κ3) is 18.3. The fourth-order valence-electron chi connectivity index (χ4n) is 0.595. The van der Waals surface area contributed by atoms with Crippen LogP contribution >= 0.6 is 13.5 Å². The van der Waals surface area contributed by atoms with Crippen LogP contribution in [0, 0.1) is 0 Å². The Hall–Kier alpha value is 1.31. The van der Waals surface area contributed by atoms with E-state index in [2.05, 4.69) is 13.8 Å². The van der Waals surface area contributed by atoms with Crippen molar-refractivity contribution in [2.24, 2.45) is 0 Å². The first kappa shape index (κ1) is 18.2. The maximum atomic E-state index is 5.31. The van der Waals surface area contributed by atoms with E-state index in [1.807, 2.05) is 0 Å². The van der Waals surface area contributed by atoms with Gasteiger partial charge >= 0.3 is 29.6 Å². The molecule has 0 aromatic carbocycles. The Morgan fingerprint density at radius 2 is 1.27 bits per heavy atom. The monoisotopic (exact) mass is 188 g/mol. The Labute approximate surface area is 100 Å². The molecule has 3 heteroatoms. The average molecular weight is 188 g/mol. The van der Waals surface area contributed by atoms with Gasteiger partial charge < -0.3 is 4.74 Å². The summed E-state index contributed by atoms with van der Waals surface area (Å²) in [4.78, 5) is 0. The second-order valence-electron chi connectivity index (χ2n) is 2.32. The topological polar surface area (TPSA) is 9.23 Å². The van der Waals surface area contributed by atoms with Crippen LogP contribution in [0.25, 0.3) is 0 Å². The molecule has 0 unspecified atom stereocenters. The summed E-state index contributed by atoms with van der Waals surface area (Å²) in [5.74, 6) is 0. The molecule has 0 aliphatic rings. The van der Waals surface area contributed by atoms with Gasteiger partial charge in [0.1, 0.15) is 0 Å². The Bertz CT molecular complexity index is 47.4. The number of ether oxygens (including phenoxy) is 1. The molecule has 0 aliphatic carbocycles. The van der Waals surface area contributed by atoms with Crippen LogP contribution in [-0.4, -0.2) is 42.8 Å². The van der Waals surface area contributed by atoms with Crippen LogP contribution in [0.5, 0.6) is 0 Å². The van der Waals surface area contributed by atoms with Gasteiger partial charge in [0.15, 0.2) is 0 Å².